The lowest BCUT2D eigenvalue weighted by molar-refractivity contribution is 0.0950. The molecular formula is C20H26N4O3S. The summed E-state index contributed by atoms with van der Waals surface area (Å²) in [7, 11) is -0.258. The van der Waals surface area contributed by atoms with Crippen molar-refractivity contribution in [2.24, 2.45) is 5.92 Å². The maximum absolute atomic E-state index is 12.4. The molecule has 0 bridgehead atoms. The van der Waals surface area contributed by atoms with Crippen LogP contribution in [0.3, 0.4) is 0 Å². The lowest BCUT2D eigenvalue weighted by Gasteiger charge is -2.20. The number of carbonyl (C=O) groups excluding carboxylic acids is 1. The third-order valence-electron chi connectivity index (χ3n) is 4.91. The molecule has 2 aromatic rings. The lowest BCUT2D eigenvalue weighted by Crippen LogP contribution is -2.38. The molecule has 1 aliphatic rings. The molecule has 1 aromatic heterocycles. The number of hydrogen-bond acceptors (Lipinski definition) is 4. The summed E-state index contributed by atoms with van der Waals surface area (Å²) in [6, 6.07) is 13.1. The van der Waals surface area contributed by atoms with Crippen LogP contribution in [-0.2, 0) is 23.2 Å². The van der Waals surface area contributed by atoms with Crippen molar-refractivity contribution in [1.82, 2.24) is 18.9 Å². The number of amides is 1. The highest BCUT2D eigenvalue weighted by atomic mass is 32.2. The van der Waals surface area contributed by atoms with Gasteiger partial charge in [-0.3, -0.25) is 9.78 Å². The Kier molecular flexibility index (Phi) is 6.43. The molecule has 1 fully saturated rings. The molecule has 3 rings (SSSR count). The van der Waals surface area contributed by atoms with Gasteiger partial charge in [-0.15, -0.1) is 0 Å². The second-order valence-electron chi connectivity index (χ2n) is 7.21. The van der Waals surface area contributed by atoms with Gasteiger partial charge < -0.3 is 5.32 Å². The van der Waals surface area contributed by atoms with Crippen LogP contribution in [0.15, 0.2) is 48.7 Å². The van der Waals surface area contributed by atoms with Gasteiger partial charge in [-0.1, -0.05) is 18.2 Å². The Morgan fingerprint density at radius 3 is 2.79 bits per heavy atom. The van der Waals surface area contributed by atoms with Gasteiger partial charge >= 0.3 is 0 Å². The summed E-state index contributed by atoms with van der Waals surface area (Å²) >= 11 is 0. The summed E-state index contributed by atoms with van der Waals surface area (Å²) in [5.41, 5.74) is 2.45. The Morgan fingerprint density at radius 2 is 2.07 bits per heavy atom. The fraction of sp³-hybridized carbons (Fsp3) is 0.400. The van der Waals surface area contributed by atoms with Gasteiger partial charge in [0.2, 0.25) is 0 Å². The minimum atomic E-state index is -3.36. The van der Waals surface area contributed by atoms with E-state index in [2.05, 4.69) is 10.3 Å². The van der Waals surface area contributed by atoms with Crippen molar-refractivity contribution < 1.29 is 13.2 Å². The van der Waals surface area contributed by atoms with Crippen LogP contribution in [0.5, 0.6) is 0 Å². The van der Waals surface area contributed by atoms with Crippen molar-refractivity contribution in [2.75, 3.05) is 27.2 Å². The Hall–Kier alpha value is -2.29. The van der Waals surface area contributed by atoms with E-state index in [4.69, 9.17) is 0 Å². The second kappa shape index (κ2) is 8.81. The van der Waals surface area contributed by atoms with Crippen molar-refractivity contribution in [3.05, 3.63) is 65.5 Å². The molecule has 1 amide bonds. The summed E-state index contributed by atoms with van der Waals surface area (Å²) in [6.45, 7) is 1.43. The fourth-order valence-electron chi connectivity index (χ4n) is 3.35. The Balaban J connectivity index is 1.58. The number of pyridine rings is 1. The molecule has 2 heterocycles. The molecule has 1 aliphatic heterocycles. The van der Waals surface area contributed by atoms with E-state index in [-0.39, 0.29) is 11.8 Å². The Bertz CT molecular complexity index is 916. The van der Waals surface area contributed by atoms with E-state index in [0.717, 1.165) is 24.1 Å². The summed E-state index contributed by atoms with van der Waals surface area (Å²) in [5, 5.41) is 2.88. The van der Waals surface area contributed by atoms with Gasteiger partial charge in [-0.05, 0) is 48.6 Å². The number of benzene rings is 1. The molecule has 150 valence electrons. The van der Waals surface area contributed by atoms with Crippen LogP contribution in [0.4, 0.5) is 0 Å². The number of nitrogens with zero attached hydrogens (tertiary/aromatic N) is 3. The largest absolute Gasteiger partial charge is 0.346 e. The van der Waals surface area contributed by atoms with Crippen molar-refractivity contribution in [3.8, 4) is 0 Å². The van der Waals surface area contributed by atoms with Crippen LogP contribution in [0, 0.1) is 5.92 Å². The minimum absolute atomic E-state index is 0.143. The Morgan fingerprint density at radius 1 is 1.25 bits per heavy atom. The standard InChI is InChI=1S/C20H26N4O3S/c1-23(2)28(26,27)24-11-9-17(15-24)12-16-6-5-7-18(13-16)20(25)22-14-19-8-3-4-10-21-19/h3-8,10,13,17H,9,11-12,14-15H2,1-2H3,(H,22,25). The predicted octanol–water partition coefficient (Wildman–Crippen LogP) is 1.68. The second-order valence-corrected chi connectivity index (χ2v) is 9.35. The van der Waals surface area contributed by atoms with Gasteiger partial charge in [0.25, 0.3) is 16.1 Å². The van der Waals surface area contributed by atoms with Crippen LogP contribution in [0.25, 0.3) is 0 Å². The molecule has 0 saturated carbocycles. The van der Waals surface area contributed by atoms with E-state index in [1.807, 2.05) is 36.4 Å². The van der Waals surface area contributed by atoms with Crippen molar-refractivity contribution in [3.63, 3.8) is 0 Å². The third kappa shape index (κ3) is 4.95. The van der Waals surface area contributed by atoms with Gasteiger partial charge in [0.15, 0.2) is 0 Å². The van der Waals surface area contributed by atoms with Crippen LogP contribution >= 0.6 is 0 Å². The first kappa shape index (κ1) is 20.4. The number of hydrogen-bond donors (Lipinski definition) is 1. The molecule has 1 aromatic carbocycles. The zero-order valence-corrected chi connectivity index (χ0v) is 17.0. The molecular weight excluding hydrogens is 376 g/mol. The van der Waals surface area contributed by atoms with E-state index in [9.17, 15) is 13.2 Å². The van der Waals surface area contributed by atoms with E-state index in [0.29, 0.717) is 25.2 Å². The van der Waals surface area contributed by atoms with Crippen molar-refractivity contribution >= 4 is 16.1 Å². The van der Waals surface area contributed by atoms with E-state index >= 15 is 0 Å². The monoisotopic (exact) mass is 402 g/mol. The first-order chi connectivity index (χ1) is 13.4. The molecule has 1 N–H and O–H groups in total. The maximum atomic E-state index is 12.4. The highest BCUT2D eigenvalue weighted by molar-refractivity contribution is 7.86. The first-order valence-corrected chi connectivity index (χ1v) is 10.7. The zero-order valence-electron chi connectivity index (χ0n) is 16.2. The smallest absolute Gasteiger partial charge is 0.281 e. The van der Waals surface area contributed by atoms with E-state index in [1.165, 1.54) is 8.61 Å². The summed E-state index contributed by atoms with van der Waals surface area (Å²) in [4.78, 5) is 16.6. The highest BCUT2D eigenvalue weighted by Crippen LogP contribution is 2.24. The number of rotatable bonds is 7. The maximum Gasteiger partial charge on any atom is 0.281 e. The van der Waals surface area contributed by atoms with Gasteiger partial charge in [0, 0.05) is 38.9 Å². The van der Waals surface area contributed by atoms with Crippen LogP contribution in [0.1, 0.15) is 28.0 Å². The molecule has 8 heteroatoms. The van der Waals surface area contributed by atoms with Gasteiger partial charge in [0.05, 0.1) is 12.2 Å². The average Bonchev–Trinajstić information content (AvgIpc) is 3.16. The zero-order chi connectivity index (χ0) is 20.1. The first-order valence-electron chi connectivity index (χ1n) is 9.31. The van der Waals surface area contributed by atoms with Gasteiger partial charge in [-0.2, -0.15) is 17.0 Å². The summed E-state index contributed by atoms with van der Waals surface area (Å²) < 4.78 is 27.3. The molecule has 1 saturated heterocycles. The summed E-state index contributed by atoms with van der Waals surface area (Å²) in [5.74, 6) is 0.109. The Labute approximate surface area is 166 Å². The predicted molar refractivity (Wildman–Crippen MR) is 108 cm³/mol. The molecule has 28 heavy (non-hydrogen) atoms. The van der Waals surface area contributed by atoms with Crippen LogP contribution < -0.4 is 5.32 Å². The topological polar surface area (TPSA) is 82.6 Å². The molecule has 0 spiro atoms. The molecule has 1 unspecified atom stereocenters. The molecule has 0 radical (unpaired) electrons. The van der Waals surface area contributed by atoms with E-state index in [1.54, 1.807) is 26.4 Å². The van der Waals surface area contributed by atoms with Crippen LogP contribution in [-0.4, -0.2) is 55.1 Å². The SMILES string of the molecule is CN(C)S(=O)(=O)N1CCC(Cc2cccc(C(=O)NCc3ccccn3)c2)C1. The number of nitrogens with one attached hydrogen (secondary N) is 1. The van der Waals surface area contributed by atoms with Gasteiger partial charge in [-0.25, -0.2) is 0 Å². The van der Waals surface area contributed by atoms with Gasteiger partial charge in [0.1, 0.15) is 0 Å². The molecule has 7 nitrogen and oxygen atoms in total. The van der Waals surface area contributed by atoms with E-state index < -0.39 is 10.2 Å². The number of aromatic nitrogens is 1. The number of carbonyl (C=O) groups is 1. The van der Waals surface area contributed by atoms with Crippen molar-refractivity contribution in [2.45, 2.75) is 19.4 Å². The molecule has 0 aliphatic carbocycles. The highest BCUT2D eigenvalue weighted by Gasteiger charge is 2.32. The minimum Gasteiger partial charge on any atom is -0.346 e. The normalized spacial score (nSPS) is 17.8. The summed E-state index contributed by atoms with van der Waals surface area (Å²) in [6.07, 6.45) is 3.27. The van der Waals surface area contributed by atoms with Crippen LogP contribution in [0.2, 0.25) is 0 Å². The fourth-order valence-corrected chi connectivity index (χ4v) is 4.55. The average molecular weight is 403 g/mol. The lowest BCUT2D eigenvalue weighted by atomic mass is 9.97. The third-order valence-corrected chi connectivity index (χ3v) is 6.81. The van der Waals surface area contributed by atoms with Crippen molar-refractivity contribution in [1.29, 1.82) is 0 Å². The molecule has 1 atom stereocenters. The quantitative estimate of drug-likeness (QED) is 0.764.